The Labute approximate surface area is 173 Å². The summed E-state index contributed by atoms with van der Waals surface area (Å²) in [7, 11) is 0. The number of rotatable bonds is 6. The third-order valence-corrected chi connectivity index (χ3v) is 6.07. The third kappa shape index (κ3) is 4.75. The second-order valence-electron chi connectivity index (χ2n) is 7.96. The molecule has 3 heteroatoms. The molecular formula is C26H28N2O. The fraction of sp³-hybridized carbons (Fsp3) is 0.269. The smallest absolute Gasteiger partial charge is 0.251 e. The summed E-state index contributed by atoms with van der Waals surface area (Å²) in [6.45, 7) is 3.72. The number of nitrogens with one attached hydrogen (secondary N) is 1. The van der Waals surface area contributed by atoms with E-state index in [2.05, 4.69) is 70.9 Å². The quantitative estimate of drug-likeness (QED) is 0.671. The number of piperidine rings is 1. The lowest BCUT2D eigenvalue weighted by molar-refractivity contribution is 0.0919. The van der Waals surface area contributed by atoms with Crippen molar-refractivity contribution in [3.63, 3.8) is 0 Å². The summed E-state index contributed by atoms with van der Waals surface area (Å²) in [6.07, 6.45) is 2.08. The molecule has 148 valence electrons. The van der Waals surface area contributed by atoms with E-state index in [1.807, 2.05) is 30.3 Å². The molecule has 3 aromatic carbocycles. The van der Waals surface area contributed by atoms with Crippen molar-refractivity contribution in [1.29, 1.82) is 0 Å². The zero-order valence-electron chi connectivity index (χ0n) is 16.8. The predicted molar refractivity (Wildman–Crippen MR) is 118 cm³/mol. The minimum Gasteiger partial charge on any atom is -0.351 e. The van der Waals surface area contributed by atoms with E-state index in [0.29, 0.717) is 6.54 Å². The van der Waals surface area contributed by atoms with Crippen molar-refractivity contribution in [3.8, 4) is 0 Å². The molecule has 0 radical (unpaired) electrons. The zero-order chi connectivity index (χ0) is 19.9. The van der Waals surface area contributed by atoms with Crippen LogP contribution in [0.2, 0.25) is 0 Å². The topological polar surface area (TPSA) is 32.3 Å². The summed E-state index contributed by atoms with van der Waals surface area (Å²) in [5.74, 6) is 0.00706. The van der Waals surface area contributed by atoms with Crippen LogP contribution >= 0.6 is 0 Å². The van der Waals surface area contributed by atoms with E-state index < -0.39 is 0 Å². The Hall–Kier alpha value is -2.91. The van der Waals surface area contributed by atoms with Crippen LogP contribution in [0.3, 0.4) is 0 Å². The first-order chi connectivity index (χ1) is 14.3. The van der Waals surface area contributed by atoms with Crippen molar-refractivity contribution >= 4 is 5.91 Å². The molecule has 0 unspecified atom stereocenters. The highest BCUT2D eigenvalue weighted by atomic mass is 16.1. The average molecular weight is 385 g/mol. The molecule has 29 heavy (non-hydrogen) atoms. The Morgan fingerprint density at radius 2 is 1.34 bits per heavy atom. The zero-order valence-corrected chi connectivity index (χ0v) is 16.8. The molecule has 0 bridgehead atoms. The van der Waals surface area contributed by atoms with E-state index in [-0.39, 0.29) is 11.3 Å². The van der Waals surface area contributed by atoms with Gasteiger partial charge in [-0.1, -0.05) is 78.9 Å². The maximum absolute atomic E-state index is 12.6. The van der Waals surface area contributed by atoms with Gasteiger partial charge in [-0.3, -0.25) is 9.69 Å². The van der Waals surface area contributed by atoms with E-state index in [9.17, 15) is 4.79 Å². The lowest BCUT2D eigenvalue weighted by Gasteiger charge is -2.42. The normalized spacial score (nSPS) is 16.3. The van der Waals surface area contributed by atoms with E-state index in [1.54, 1.807) is 0 Å². The fourth-order valence-electron chi connectivity index (χ4n) is 4.28. The number of likely N-dealkylation sites (tertiary alicyclic amines) is 1. The van der Waals surface area contributed by atoms with Gasteiger partial charge in [-0.15, -0.1) is 0 Å². The van der Waals surface area contributed by atoms with Crippen molar-refractivity contribution in [1.82, 2.24) is 10.2 Å². The third-order valence-electron chi connectivity index (χ3n) is 6.07. The molecule has 0 aromatic heterocycles. The summed E-state index contributed by atoms with van der Waals surface area (Å²) in [6, 6.07) is 30.8. The summed E-state index contributed by atoms with van der Waals surface area (Å²) < 4.78 is 0. The minimum atomic E-state index is -0.0150. The number of hydrogen-bond donors (Lipinski definition) is 1. The maximum atomic E-state index is 12.6. The van der Waals surface area contributed by atoms with Crippen LogP contribution in [-0.2, 0) is 12.0 Å². The predicted octanol–water partition coefficient (Wildman–Crippen LogP) is 4.65. The molecule has 1 fully saturated rings. The monoisotopic (exact) mass is 384 g/mol. The van der Waals surface area contributed by atoms with Crippen molar-refractivity contribution < 1.29 is 4.79 Å². The fourth-order valence-corrected chi connectivity index (χ4v) is 4.28. The molecule has 0 atom stereocenters. The number of amides is 1. The Bertz CT molecular complexity index is 901. The van der Waals surface area contributed by atoms with E-state index in [4.69, 9.17) is 0 Å². The first-order valence-corrected chi connectivity index (χ1v) is 10.4. The molecule has 1 amide bonds. The largest absolute Gasteiger partial charge is 0.351 e. The Morgan fingerprint density at radius 3 is 1.97 bits per heavy atom. The first kappa shape index (κ1) is 19.4. The molecule has 3 nitrogen and oxygen atoms in total. The summed E-state index contributed by atoms with van der Waals surface area (Å²) in [4.78, 5) is 15.2. The lowest BCUT2D eigenvalue weighted by atomic mass is 9.72. The van der Waals surface area contributed by atoms with Gasteiger partial charge in [0.2, 0.25) is 0 Å². The number of carbonyl (C=O) groups excluding carboxylic acids is 1. The van der Waals surface area contributed by atoms with Crippen LogP contribution < -0.4 is 5.32 Å². The molecular weight excluding hydrogens is 356 g/mol. The highest BCUT2D eigenvalue weighted by Crippen LogP contribution is 2.35. The van der Waals surface area contributed by atoms with Crippen molar-refractivity contribution in [2.24, 2.45) is 0 Å². The van der Waals surface area contributed by atoms with Crippen LogP contribution in [0.15, 0.2) is 91.0 Å². The van der Waals surface area contributed by atoms with Crippen LogP contribution in [0, 0.1) is 0 Å². The van der Waals surface area contributed by atoms with E-state index >= 15 is 0 Å². The van der Waals surface area contributed by atoms with Crippen LogP contribution in [0.4, 0.5) is 0 Å². The average Bonchev–Trinajstić information content (AvgIpc) is 2.80. The van der Waals surface area contributed by atoms with Crippen LogP contribution in [0.25, 0.3) is 0 Å². The van der Waals surface area contributed by atoms with Gasteiger partial charge in [-0.25, -0.2) is 0 Å². The molecule has 1 aliphatic heterocycles. The van der Waals surface area contributed by atoms with Gasteiger partial charge in [0.15, 0.2) is 0 Å². The first-order valence-electron chi connectivity index (χ1n) is 10.4. The molecule has 0 aliphatic carbocycles. The van der Waals surface area contributed by atoms with Crippen LogP contribution in [-0.4, -0.2) is 30.4 Å². The number of nitrogens with zero attached hydrogens (tertiary/aromatic N) is 1. The highest BCUT2D eigenvalue weighted by Gasteiger charge is 2.36. The molecule has 0 saturated carbocycles. The van der Waals surface area contributed by atoms with Gasteiger partial charge in [0.1, 0.15) is 0 Å². The molecule has 0 spiro atoms. The molecule has 1 heterocycles. The van der Waals surface area contributed by atoms with Gasteiger partial charge in [-0.05, 0) is 49.2 Å². The molecule has 1 N–H and O–H groups in total. The Balaban J connectivity index is 1.46. The number of benzene rings is 3. The molecule has 1 saturated heterocycles. The SMILES string of the molecule is O=C(NCC1(c2ccccc2)CCN(Cc2ccccc2)CC1)c1ccccc1. The summed E-state index contributed by atoms with van der Waals surface area (Å²) in [5.41, 5.74) is 3.39. The van der Waals surface area contributed by atoms with E-state index in [1.165, 1.54) is 11.1 Å². The van der Waals surface area contributed by atoms with Crippen LogP contribution in [0.5, 0.6) is 0 Å². The number of hydrogen-bond acceptors (Lipinski definition) is 2. The molecule has 1 aliphatic rings. The van der Waals surface area contributed by atoms with Gasteiger partial charge >= 0.3 is 0 Å². The molecule has 3 aromatic rings. The van der Waals surface area contributed by atoms with Gasteiger partial charge < -0.3 is 5.32 Å². The van der Waals surface area contributed by atoms with Gasteiger partial charge in [0, 0.05) is 24.1 Å². The Morgan fingerprint density at radius 1 is 0.793 bits per heavy atom. The summed E-state index contributed by atoms with van der Waals surface area (Å²) >= 11 is 0. The number of carbonyl (C=O) groups is 1. The van der Waals surface area contributed by atoms with Crippen molar-refractivity contribution in [3.05, 3.63) is 108 Å². The van der Waals surface area contributed by atoms with Crippen molar-refractivity contribution in [2.75, 3.05) is 19.6 Å². The van der Waals surface area contributed by atoms with Gasteiger partial charge in [0.05, 0.1) is 0 Å². The standard InChI is InChI=1S/C26H28N2O/c29-25(23-12-6-2-7-13-23)27-21-26(24-14-8-3-9-15-24)16-18-28(19-17-26)20-22-10-4-1-5-11-22/h1-15H,16-21H2,(H,27,29). The highest BCUT2D eigenvalue weighted by molar-refractivity contribution is 5.94. The van der Waals surface area contributed by atoms with E-state index in [0.717, 1.165) is 38.0 Å². The lowest BCUT2D eigenvalue weighted by Crippen LogP contribution is -2.48. The Kier molecular flexibility index (Phi) is 6.06. The van der Waals surface area contributed by atoms with Crippen molar-refractivity contribution in [2.45, 2.75) is 24.8 Å². The van der Waals surface area contributed by atoms with Crippen LogP contribution in [0.1, 0.15) is 34.3 Å². The molecule has 4 rings (SSSR count). The van der Waals surface area contributed by atoms with Gasteiger partial charge in [0.25, 0.3) is 5.91 Å². The maximum Gasteiger partial charge on any atom is 0.251 e. The second-order valence-corrected chi connectivity index (χ2v) is 7.96. The second kappa shape index (κ2) is 9.06. The minimum absolute atomic E-state index is 0.00706. The summed E-state index contributed by atoms with van der Waals surface area (Å²) in [5, 5.41) is 3.22. The van der Waals surface area contributed by atoms with Gasteiger partial charge in [-0.2, -0.15) is 0 Å².